The van der Waals surface area contributed by atoms with Crippen LogP contribution in [-0.4, -0.2) is 52.2 Å². The van der Waals surface area contributed by atoms with Gasteiger partial charge in [0.1, 0.15) is 0 Å². The summed E-state index contributed by atoms with van der Waals surface area (Å²) in [5.41, 5.74) is 0. The van der Waals surface area contributed by atoms with Gasteiger partial charge in [0.05, 0.1) is 13.0 Å². The van der Waals surface area contributed by atoms with Crippen LogP contribution in [0.3, 0.4) is 0 Å². The van der Waals surface area contributed by atoms with E-state index < -0.39 is 58.6 Å². The molecule has 0 unspecified atom stereocenters. The Balaban J connectivity index is 5.77. The SMILES string of the molecule is O=C(OCCC(F)(F)C(F)(F)C(F)(F)C(F)(F)C(F)(F)C(F)(F)F)C(Cl)(Cl)Cl. The topological polar surface area (TPSA) is 26.3 Å². The fourth-order valence-corrected chi connectivity index (χ4v) is 1.48. The lowest BCUT2D eigenvalue weighted by Crippen LogP contribution is -2.70. The van der Waals surface area contributed by atoms with Gasteiger partial charge in [0.25, 0.3) is 3.79 Å². The number of hydrogen-bond acceptors (Lipinski definition) is 2. The molecule has 0 N–H and O–H groups in total. The predicted octanol–water partition coefficient (Wildman–Crippen LogP) is 6.03. The molecular weight excluding hydrogens is 505 g/mol. The van der Waals surface area contributed by atoms with Gasteiger partial charge in [0, 0.05) is 0 Å². The molecule has 0 aliphatic carbocycles. The summed E-state index contributed by atoms with van der Waals surface area (Å²) in [4.78, 5) is 10.9. The molecule has 0 saturated heterocycles. The number of alkyl halides is 16. The molecule has 0 atom stereocenters. The monoisotopic (exact) mass is 508 g/mol. The number of ether oxygens (including phenoxy) is 1. The minimum atomic E-state index is -8.00. The van der Waals surface area contributed by atoms with Crippen LogP contribution in [0.2, 0.25) is 0 Å². The minimum Gasteiger partial charge on any atom is -0.462 e. The summed E-state index contributed by atoms with van der Waals surface area (Å²) in [5.74, 6) is -39.6. The summed E-state index contributed by atoms with van der Waals surface area (Å²) in [6, 6.07) is 0. The molecule has 28 heavy (non-hydrogen) atoms. The van der Waals surface area contributed by atoms with E-state index in [1.807, 2.05) is 0 Å². The molecular formula is C10H4Cl3F13O2. The maximum absolute atomic E-state index is 13.3. The number of halogens is 16. The average Bonchev–Trinajstić information content (AvgIpc) is 2.43. The van der Waals surface area contributed by atoms with Gasteiger partial charge in [-0.1, -0.05) is 34.8 Å². The molecule has 0 saturated carbocycles. The van der Waals surface area contributed by atoms with E-state index in [9.17, 15) is 61.9 Å². The second kappa shape index (κ2) is 7.60. The van der Waals surface area contributed by atoms with Crippen LogP contribution in [0.4, 0.5) is 57.1 Å². The summed E-state index contributed by atoms with van der Waals surface area (Å²) < 4.78 is 167. The van der Waals surface area contributed by atoms with E-state index in [0.717, 1.165) is 0 Å². The quantitative estimate of drug-likeness (QED) is 0.238. The Morgan fingerprint density at radius 2 is 1.00 bits per heavy atom. The molecule has 0 amide bonds. The third kappa shape index (κ3) is 4.60. The van der Waals surface area contributed by atoms with Crippen LogP contribution < -0.4 is 0 Å². The van der Waals surface area contributed by atoms with Crippen LogP contribution in [0, 0.1) is 0 Å². The van der Waals surface area contributed by atoms with Gasteiger partial charge < -0.3 is 4.74 Å². The smallest absolute Gasteiger partial charge is 0.460 e. The Hall–Kier alpha value is -0.570. The van der Waals surface area contributed by atoms with Crippen molar-refractivity contribution in [3.8, 4) is 0 Å². The van der Waals surface area contributed by atoms with E-state index in [4.69, 9.17) is 34.8 Å². The van der Waals surface area contributed by atoms with Crippen LogP contribution in [0.15, 0.2) is 0 Å². The predicted molar refractivity (Wildman–Crippen MR) is 66.7 cm³/mol. The standard InChI is InChI=1S/C10H4Cl3F13O2/c11-5(12,13)3(27)28-2-1-4(14,15)6(16,17)7(18,19)8(20,21)9(22,23)10(24,25)26/h1-2H2. The van der Waals surface area contributed by atoms with E-state index in [1.165, 1.54) is 0 Å². The van der Waals surface area contributed by atoms with Crippen molar-refractivity contribution in [3.05, 3.63) is 0 Å². The second-order valence-corrected chi connectivity index (χ2v) is 7.16. The highest BCUT2D eigenvalue weighted by Gasteiger charge is 2.90. The van der Waals surface area contributed by atoms with Gasteiger partial charge in [-0.05, 0) is 0 Å². The summed E-state index contributed by atoms with van der Waals surface area (Å²) in [5, 5.41) is 0. The lowest BCUT2D eigenvalue weighted by molar-refractivity contribution is -0.440. The zero-order chi connectivity index (χ0) is 23.2. The molecule has 0 radical (unpaired) electrons. The number of rotatable bonds is 7. The Kier molecular flexibility index (Phi) is 7.44. The summed E-state index contributed by atoms with van der Waals surface area (Å²) in [7, 11) is 0. The summed E-state index contributed by atoms with van der Waals surface area (Å²) >= 11 is 14.6. The fraction of sp³-hybridized carbons (Fsp3) is 0.900. The van der Waals surface area contributed by atoms with E-state index >= 15 is 0 Å². The third-order valence-corrected chi connectivity index (χ3v) is 3.34. The maximum Gasteiger partial charge on any atom is 0.460 e. The van der Waals surface area contributed by atoms with Crippen molar-refractivity contribution in [1.29, 1.82) is 0 Å². The van der Waals surface area contributed by atoms with Crippen molar-refractivity contribution < 1.29 is 66.6 Å². The Morgan fingerprint density at radius 1 is 0.643 bits per heavy atom. The van der Waals surface area contributed by atoms with Crippen LogP contribution in [0.25, 0.3) is 0 Å². The van der Waals surface area contributed by atoms with Gasteiger partial charge in [0.15, 0.2) is 0 Å². The largest absolute Gasteiger partial charge is 0.462 e. The molecule has 0 fully saturated rings. The van der Waals surface area contributed by atoms with E-state index in [0.29, 0.717) is 0 Å². The molecule has 2 nitrogen and oxygen atoms in total. The molecule has 0 aliphatic rings. The maximum atomic E-state index is 13.3. The fourth-order valence-electron chi connectivity index (χ4n) is 1.31. The average molecular weight is 509 g/mol. The Morgan fingerprint density at radius 3 is 1.32 bits per heavy atom. The van der Waals surface area contributed by atoms with E-state index in [-0.39, 0.29) is 0 Å². The lowest BCUT2D eigenvalue weighted by Gasteiger charge is -2.39. The molecule has 0 aromatic heterocycles. The van der Waals surface area contributed by atoms with Crippen LogP contribution in [-0.2, 0) is 9.53 Å². The zero-order valence-electron chi connectivity index (χ0n) is 12.3. The van der Waals surface area contributed by atoms with Gasteiger partial charge in [-0.25, -0.2) is 4.79 Å². The van der Waals surface area contributed by atoms with Crippen molar-refractivity contribution in [2.24, 2.45) is 0 Å². The first-order valence-corrected chi connectivity index (χ1v) is 7.21. The molecule has 0 spiro atoms. The molecule has 18 heteroatoms. The van der Waals surface area contributed by atoms with Gasteiger partial charge >= 0.3 is 41.8 Å². The number of carbonyl (C=O) groups excluding carboxylic acids is 1. The van der Waals surface area contributed by atoms with Crippen molar-refractivity contribution in [1.82, 2.24) is 0 Å². The van der Waals surface area contributed by atoms with Crippen molar-refractivity contribution in [2.45, 2.75) is 46.0 Å². The Bertz CT molecular complexity index is 582. The molecule has 0 bridgehead atoms. The minimum absolute atomic E-state index is 1.99. The van der Waals surface area contributed by atoms with Gasteiger partial charge in [-0.15, -0.1) is 0 Å². The highest BCUT2D eigenvalue weighted by Crippen LogP contribution is 2.60. The third-order valence-electron chi connectivity index (χ3n) is 2.88. The highest BCUT2D eigenvalue weighted by atomic mass is 35.6. The molecule has 168 valence electrons. The van der Waals surface area contributed by atoms with Crippen LogP contribution in [0.1, 0.15) is 6.42 Å². The van der Waals surface area contributed by atoms with Crippen LogP contribution in [0.5, 0.6) is 0 Å². The van der Waals surface area contributed by atoms with Crippen LogP contribution >= 0.6 is 34.8 Å². The summed E-state index contributed by atoms with van der Waals surface area (Å²) in [6.45, 7) is -1.99. The first kappa shape index (κ1) is 27.4. The van der Waals surface area contributed by atoms with E-state index in [2.05, 4.69) is 4.74 Å². The van der Waals surface area contributed by atoms with Crippen molar-refractivity contribution in [3.63, 3.8) is 0 Å². The van der Waals surface area contributed by atoms with Crippen molar-refractivity contribution in [2.75, 3.05) is 6.61 Å². The molecule has 0 heterocycles. The van der Waals surface area contributed by atoms with E-state index in [1.54, 1.807) is 0 Å². The highest BCUT2D eigenvalue weighted by molar-refractivity contribution is 6.75. The normalized spacial score (nSPS) is 15.6. The molecule has 0 aromatic carbocycles. The number of carbonyl (C=O) groups is 1. The molecule has 0 aromatic rings. The summed E-state index contributed by atoms with van der Waals surface area (Å²) in [6.07, 6.45) is -10.2. The Labute approximate surface area is 160 Å². The van der Waals surface area contributed by atoms with Crippen molar-refractivity contribution >= 4 is 40.8 Å². The number of esters is 1. The van der Waals surface area contributed by atoms with Gasteiger partial charge in [-0.2, -0.15) is 57.1 Å². The zero-order valence-corrected chi connectivity index (χ0v) is 14.5. The first-order chi connectivity index (χ1) is 11.9. The molecule has 0 rings (SSSR count). The van der Waals surface area contributed by atoms with Gasteiger partial charge in [0.2, 0.25) is 0 Å². The first-order valence-electron chi connectivity index (χ1n) is 6.07. The second-order valence-electron chi connectivity index (χ2n) is 4.88. The molecule has 0 aliphatic heterocycles. The lowest BCUT2D eigenvalue weighted by atomic mass is 9.93. The van der Waals surface area contributed by atoms with Gasteiger partial charge in [-0.3, -0.25) is 0 Å². The number of hydrogen-bond donors (Lipinski definition) is 0.